The van der Waals surface area contributed by atoms with Gasteiger partial charge in [-0.15, -0.1) is 6.42 Å². The zero-order valence-electron chi connectivity index (χ0n) is 18.1. The summed E-state index contributed by atoms with van der Waals surface area (Å²) in [6, 6.07) is -0.569. The summed E-state index contributed by atoms with van der Waals surface area (Å²) in [5.74, 6) is -2.94. The second-order valence-electron chi connectivity index (χ2n) is 7.41. The van der Waals surface area contributed by atoms with Gasteiger partial charge >= 0.3 is 5.97 Å². The Morgan fingerprint density at radius 3 is 2.59 bits per heavy atom. The number of terminal acetylenes is 1. The molecule has 0 spiro atoms. The first kappa shape index (κ1) is 25.2. The number of carbonyl (C=O) groups is 3. The number of likely N-dealkylation sites (tertiary alicyclic amines) is 1. The number of ether oxygens (including phenoxy) is 2. The van der Waals surface area contributed by atoms with Crippen LogP contribution in [0.25, 0.3) is 0 Å². The zero-order chi connectivity index (χ0) is 24.0. The molecule has 1 saturated heterocycles. The van der Waals surface area contributed by atoms with Crippen molar-refractivity contribution in [2.24, 2.45) is 0 Å². The van der Waals surface area contributed by atoms with Crippen LogP contribution < -0.4 is 0 Å². The first-order valence-corrected chi connectivity index (χ1v) is 9.91. The predicted octanol–water partition coefficient (Wildman–Crippen LogP) is 2.02. The molecule has 0 radical (unpaired) electrons. The third-order valence-electron chi connectivity index (χ3n) is 5.45. The van der Waals surface area contributed by atoms with Crippen LogP contribution in [0.4, 0.5) is 13.2 Å². The number of carbonyl (C=O) groups excluding carboxylic acids is 3. The monoisotopic (exact) mass is 454 g/mol. The highest BCUT2D eigenvalue weighted by atomic mass is 19.2. The van der Waals surface area contributed by atoms with Crippen LogP contribution in [0.15, 0.2) is 12.1 Å². The van der Waals surface area contributed by atoms with Crippen molar-refractivity contribution in [2.75, 3.05) is 20.8 Å². The lowest BCUT2D eigenvalue weighted by Gasteiger charge is -2.33. The fraction of sp³-hybridized carbons (Fsp3) is 0.500. The molecule has 10 heteroatoms. The van der Waals surface area contributed by atoms with Crippen LogP contribution in [-0.2, 0) is 30.4 Å². The Bertz CT molecular complexity index is 918. The molecule has 3 atom stereocenters. The summed E-state index contributed by atoms with van der Waals surface area (Å²) in [6.07, 6.45) is 4.78. The molecule has 174 valence electrons. The third kappa shape index (κ3) is 5.59. The molecule has 32 heavy (non-hydrogen) atoms. The number of methoxy groups -OCH3 is 2. The lowest BCUT2D eigenvalue weighted by atomic mass is 10.1. The molecule has 7 nitrogen and oxygen atoms in total. The van der Waals surface area contributed by atoms with Gasteiger partial charge in [-0.1, -0.05) is 5.92 Å². The molecular formula is C22H25F3N2O5. The maximum Gasteiger partial charge on any atom is 0.331 e. The summed E-state index contributed by atoms with van der Waals surface area (Å²) in [7, 11) is 2.53. The average Bonchev–Trinajstić information content (AvgIpc) is 3.09. The van der Waals surface area contributed by atoms with Gasteiger partial charge in [-0.05, 0) is 19.4 Å². The van der Waals surface area contributed by atoms with Gasteiger partial charge in [0.1, 0.15) is 5.82 Å². The largest absolute Gasteiger partial charge is 0.467 e. The second kappa shape index (κ2) is 11.0. The molecule has 0 bridgehead atoms. The number of hydrogen-bond acceptors (Lipinski definition) is 5. The summed E-state index contributed by atoms with van der Waals surface area (Å²) in [5.41, 5.74) is -0.337. The van der Waals surface area contributed by atoms with Crippen molar-refractivity contribution in [3.8, 4) is 12.3 Å². The maximum absolute atomic E-state index is 14.1. The zero-order valence-corrected chi connectivity index (χ0v) is 18.1. The molecule has 2 amide bonds. The summed E-state index contributed by atoms with van der Waals surface area (Å²) in [4.78, 5) is 40.1. The topological polar surface area (TPSA) is 76.2 Å². The van der Waals surface area contributed by atoms with E-state index in [1.54, 1.807) is 6.92 Å². The normalized spacial score (nSPS) is 17.6. The Balaban J connectivity index is 2.26. The number of rotatable bonds is 9. The van der Waals surface area contributed by atoms with Crippen molar-refractivity contribution in [1.29, 1.82) is 0 Å². The van der Waals surface area contributed by atoms with E-state index in [-0.39, 0.29) is 37.3 Å². The van der Waals surface area contributed by atoms with Gasteiger partial charge in [-0.3, -0.25) is 9.59 Å². The quantitative estimate of drug-likeness (QED) is 0.324. The van der Waals surface area contributed by atoms with E-state index < -0.39 is 54.1 Å². The molecule has 1 aliphatic heterocycles. The van der Waals surface area contributed by atoms with Crippen molar-refractivity contribution < 1.29 is 37.0 Å². The van der Waals surface area contributed by atoms with Gasteiger partial charge in [0.2, 0.25) is 11.8 Å². The Kier molecular flexibility index (Phi) is 8.66. The number of amides is 2. The molecule has 1 aliphatic rings. The Morgan fingerprint density at radius 1 is 1.31 bits per heavy atom. The SMILES string of the molecule is C#CCN(C(=O)C[C@@H]1CCC(=O)N1Cc1cc(F)cc(F)c1F)[C@H](C(=O)OC)[C@@H](C)OC. The van der Waals surface area contributed by atoms with Gasteiger partial charge in [0, 0.05) is 44.2 Å². The van der Waals surface area contributed by atoms with Gasteiger partial charge in [-0.25, -0.2) is 18.0 Å². The number of halogens is 3. The summed E-state index contributed by atoms with van der Waals surface area (Å²) < 4.78 is 51.2. The lowest BCUT2D eigenvalue weighted by Crippen LogP contribution is -2.53. The van der Waals surface area contributed by atoms with Gasteiger partial charge in [0.15, 0.2) is 17.7 Å². The minimum Gasteiger partial charge on any atom is -0.467 e. The second-order valence-corrected chi connectivity index (χ2v) is 7.41. The Hall–Kier alpha value is -3.06. The highest BCUT2D eigenvalue weighted by Crippen LogP contribution is 2.27. The van der Waals surface area contributed by atoms with E-state index in [1.165, 1.54) is 19.1 Å². The molecule has 2 rings (SSSR count). The fourth-order valence-corrected chi connectivity index (χ4v) is 3.71. The standard InChI is InChI=1S/C22H25F3N2O5/c1-5-8-26(21(13(2)31-3)22(30)32-4)19(29)11-16-6-7-18(28)27(16)12-14-9-15(23)10-17(24)20(14)25/h1,9-10,13,16,21H,6-8,11-12H2,2-4H3/t13-,16+,21+/m1/s1. The summed E-state index contributed by atoms with van der Waals surface area (Å²) in [5, 5.41) is 0. The van der Waals surface area contributed by atoms with Crippen LogP contribution in [0, 0.1) is 29.8 Å². The summed E-state index contributed by atoms with van der Waals surface area (Å²) >= 11 is 0. The first-order valence-electron chi connectivity index (χ1n) is 9.91. The van der Waals surface area contributed by atoms with Crippen LogP contribution >= 0.6 is 0 Å². The highest BCUT2D eigenvalue weighted by molar-refractivity contribution is 5.86. The molecular weight excluding hydrogens is 429 g/mol. The summed E-state index contributed by atoms with van der Waals surface area (Å²) in [6.45, 7) is 0.961. The van der Waals surface area contributed by atoms with E-state index in [0.717, 1.165) is 11.0 Å². The Labute approximate surface area is 184 Å². The predicted molar refractivity (Wildman–Crippen MR) is 107 cm³/mol. The van der Waals surface area contributed by atoms with Gasteiger partial charge in [-0.2, -0.15) is 0 Å². The van der Waals surface area contributed by atoms with Gasteiger partial charge < -0.3 is 19.3 Å². The van der Waals surface area contributed by atoms with Crippen LogP contribution in [0.2, 0.25) is 0 Å². The first-order chi connectivity index (χ1) is 15.1. The fourth-order valence-electron chi connectivity index (χ4n) is 3.71. The number of esters is 1. The molecule has 1 fully saturated rings. The van der Waals surface area contributed by atoms with E-state index in [9.17, 15) is 27.6 Å². The average molecular weight is 454 g/mol. The maximum atomic E-state index is 14.1. The molecule has 0 N–H and O–H groups in total. The van der Waals surface area contributed by atoms with Gasteiger partial charge in [0.25, 0.3) is 0 Å². The molecule has 0 unspecified atom stereocenters. The molecule has 1 aromatic carbocycles. The van der Waals surface area contributed by atoms with Crippen LogP contribution in [0.3, 0.4) is 0 Å². The van der Waals surface area contributed by atoms with Crippen molar-refractivity contribution in [3.05, 3.63) is 35.1 Å². The van der Waals surface area contributed by atoms with E-state index >= 15 is 0 Å². The number of benzene rings is 1. The van der Waals surface area contributed by atoms with Gasteiger partial charge in [0.05, 0.1) is 19.8 Å². The van der Waals surface area contributed by atoms with E-state index in [1.807, 2.05) is 0 Å². The number of hydrogen-bond donors (Lipinski definition) is 0. The lowest BCUT2D eigenvalue weighted by molar-refractivity contribution is -0.158. The van der Waals surface area contributed by atoms with Crippen molar-refractivity contribution >= 4 is 17.8 Å². The van der Waals surface area contributed by atoms with E-state index in [2.05, 4.69) is 5.92 Å². The molecule has 1 heterocycles. The van der Waals surface area contributed by atoms with E-state index in [0.29, 0.717) is 6.07 Å². The minimum absolute atomic E-state index is 0.0847. The van der Waals surface area contributed by atoms with Crippen molar-refractivity contribution in [3.63, 3.8) is 0 Å². The molecule has 0 saturated carbocycles. The van der Waals surface area contributed by atoms with Crippen molar-refractivity contribution in [2.45, 2.75) is 50.9 Å². The molecule has 0 aliphatic carbocycles. The minimum atomic E-state index is -1.37. The van der Waals surface area contributed by atoms with Crippen LogP contribution in [-0.4, -0.2) is 66.5 Å². The Morgan fingerprint density at radius 2 is 2.00 bits per heavy atom. The number of nitrogens with zero attached hydrogens (tertiary/aromatic N) is 2. The smallest absolute Gasteiger partial charge is 0.331 e. The van der Waals surface area contributed by atoms with Crippen molar-refractivity contribution in [1.82, 2.24) is 9.80 Å². The van der Waals surface area contributed by atoms with Crippen LogP contribution in [0.1, 0.15) is 31.7 Å². The van der Waals surface area contributed by atoms with Crippen LogP contribution in [0.5, 0.6) is 0 Å². The third-order valence-corrected chi connectivity index (χ3v) is 5.45. The highest BCUT2D eigenvalue weighted by Gasteiger charge is 2.39. The molecule has 0 aromatic heterocycles. The molecule has 1 aromatic rings. The van der Waals surface area contributed by atoms with E-state index in [4.69, 9.17) is 15.9 Å².